The van der Waals surface area contributed by atoms with Crippen LogP contribution in [0.1, 0.15) is 18.1 Å². The van der Waals surface area contributed by atoms with E-state index in [1.807, 2.05) is 26.0 Å². The number of aryl methyl sites for hydroxylation is 1. The molecular weight excluding hydrogens is 186 g/mol. The molecule has 0 aliphatic rings. The van der Waals surface area contributed by atoms with Crippen LogP contribution in [0.25, 0.3) is 0 Å². The lowest BCUT2D eigenvalue weighted by Gasteiger charge is -2.16. The Morgan fingerprint density at radius 1 is 1.53 bits per heavy atom. The van der Waals surface area contributed by atoms with E-state index in [1.165, 1.54) is 5.56 Å². The molecule has 15 heavy (non-hydrogen) atoms. The highest BCUT2D eigenvalue weighted by Gasteiger charge is 2.08. The first-order valence-electron chi connectivity index (χ1n) is 5.26. The maximum absolute atomic E-state index is 5.80. The number of ether oxygens (including phenoxy) is 1. The molecule has 0 aromatic heterocycles. The van der Waals surface area contributed by atoms with Crippen LogP contribution >= 0.6 is 0 Å². The van der Waals surface area contributed by atoms with E-state index < -0.39 is 0 Å². The van der Waals surface area contributed by atoms with Crippen LogP contribution in [0.5, 0.6) is 5.75 Å². The summed E-state index contributed by atoms with van der Waals surface area (Å²) in [5.41, 5.74) is 7.89. The fourth-order valence-corrected chi connectivity index (χ4v) is 1.47. The minimum atomic E-state index is 0.0302. The topological polar surface area (TPSA) is 35.2 Å². The Morgan fingerprint density at radius 2 is 2.27 bits per heavy atom. The molecule has 1 unspecified atom stereocenters. The Labute approximate surface area is 91.7 Å². The molecule has 2 heteroatoms. The number of hydrogen-bond donors (Lipinski definition) is 1. The summed E-state index contributed by atoms with van der Waals surface area (Å²) in [6.45, 7) is 8.38. The Balaban J connectivity index is 2.96. The third kappa shape index (κ3) is 3.10. The summed E-state index contributed by atoms with van der Waals surface area (Å²) in [6.07, 6.45) is 2.67. The van der Waals surface area contributed by atoms with Crippen LogP contribution in [0.3, 0.4) is 0 Å². The van der Waals surface area contributed by atoms with Crippen molar-refractivity contribution in [3.05, 3.63) is 42.0 Å². The summed E-state index contributed by atoms with van der Waals surface area (Å²) in [6, 6.07) is 6.14. The Morgan fingerprint density at radius 3 is 2.87 bits per heavy atom. The number of hydrogen-bond acceptors (Lipinski definition) is 2. The maximum Gasteiger partial charge on any atom is 0.126 e. The second kappa shape index (κ2) is 5.56. The number of benzene rings is 1. The number of para-hydroxylation sites is 1. The van der Waals surface area contributed by atoms with Gasteiger partial charge in [0.2, 0.25) is 0 Å². The van der Waals surface area contributed by atoms with Gasteiger partial charge in [0.15, 0.2) is 0 Å². The van der Waals surface area contributed by atoms with Crippen molar-refractivity contribution in [2.24, 2.45) is 5.73 Å². The van der Waals surface area contributed by atoms with Gasteiger partial charge in [-0.2, -0.15) is 0 Å². The van der Waals surface area contributed by atoms with Crippen molar-refractivity contribution in [1.29, 1.82) is 0 Å². The summed E-state index contributed by atoms with van der Waals surface area (Å²) >= 11 is 0. The van der Waals surface area contributed by atoms with Gasteiger partial charge in [0.1, 0.15) is 11.9 Å². The van der Waals surface area contributed by atoms with E-state index in [2.05, 4.69) is 12.6 Å². The van der Waals surface area contributed by atoms with E-state index in [9.17, 15) is 0 Å². The summed E-state index contributed by atoms with van der Waals surface area (Å²) in [5.74, 6) is 0.954. The molecule has 0 bridgehead atoms. The lowest BCUT2D eigenvalue weighted by atomic mass is 10.1. The van der Waals surface area contributed by atoms with Crippen LogP contribution in [0, 0.1) is 6.92 Å². The molecule has 2 N–H and O–H groups in total. The SMILES string of the molecule is C=CC(C)Oc1c(C)cccc1CCN. The van der Waals surface area contributed by atoms with Crippen LogP contribution in [0.15, 0.2) is 30.9 Å². The maximum atomic E-state index is 5.80. The van der Waals surface area contributed by atoms with E-state index in [0.29, 0.717) is 6.54 Å². The normalized spacial score (nSPS) is 12.2. The largest absolute Gasteiger partial charge is 0.486 e. The van der Waals surface area contributed by atoms with Gasteiger partial charge < -0.3 is 10.5 Å². The summed E-state index contributed by atoms with van der Waals surface area (Å²) in [7, 11) is 0. The van der Waals surface area contributed by atoms with Gasteiger partial charge in [0.05, 0.1) is 0 Å². The zero-order chi connectivity index (χ0) is 11.3. The van der Waals surface area contributed by atoms with Gasteiger partial charge in [0.25, 0.3) is 0 Å². The molecule has 0 fully saturated rings. The van der Waals surface area contributed by atoms with Crippen LogP contribution in [0.4, 0.5) is 0 Å². The second-order valence-corrected chi connectivity index (χ2v) is 3.66. The van der Waals surface area contributed by atoms with Gasteiger partial charge in [0, 0.05) is 0 Å². The van der Waals surface area contributed by atoms with Crippen molar-refractivity contribution in [2.75, 3.05) is 6.54 Å². The van der Waals surface area contributed by atoms with E-state index in [0.717, 1.165) is 17.7 Å². The average Bonchev–Trinajstić information content (AvgIpc) is 2.23. The molecule has 0 heterocycles. The minimum Gasteiger partial charge on any atom is -0.486 e. The third-order valence-electron chi connectivity index (χ3n) is 2.34. The van der Waals surface area contributed by atoms with E-state index in [1.54, 1.807) is 6.08 Å². The smallest absolute Gasteiger partial charge is 0.126 e. The molecule has 1 rings (SSSR count). The van der Waals surface area contributed by atoms with E-state index >= 15 is 0 Å². The molecular formula is C13H19NO. The molecule has 0 amide bonds. The van der Waals surface area contributed by atoms with Crippen molar-refractivity contribution in [2.45, 2.75) is 26.4 Å². The van der Waals surface area contributed by atoms with Crippen LogP contribution in [-0.4, -0.2) is 12.6 Å². The predicted molar refractivity (Wildman–Crippen MR) is 64.2 cm³/mol. The molecule has 1 atom stereocenters. The van der Waals surface area contributed by atoms with Crippen molar-refractivity contribution >= 4 is 0 Å². The fraction of sp³-hybridized carbons (Fsp3) is 0.385. The number of rotatable bonds is 5. The van der Waals surface area contributed by atoms with Crippen molar-refractivity contribution in [3.8, 4) is 5.75 Å². The third-order valence-corrected chi connectivity index (χ3v) is 2.34. The first-order valence-corrected chi connectivity index (χ1v) is 5.26. The predicted octanol–water partition coefficient (Wildman–Crippen LogP) is 2.45. The molecule has 82 valence electrons. The highest BCUT2D eigenvalue weighted by molar-refractivity contribution is 5.41. The van der Waals surface area contributed by atoms with Crippen molar-refractivity contribution in [1.82, 2.24) is 0 Å². The lowest BCUT2D eigenvalue weighted by molar-refractivity contribution is 0.265. The van der Waals surface area contributed by atoms with Crippen LogP contribution in [-0.2, 0) is 6.42 Å². The van der Waals surface area contributed by atoms with Crippen LogP contribution < -0.4 is 10.5 Å². The highest BCUT2D eigenvalue weighted by atomic mass is 16.5. The molecule has 0 spiro atoms. The van der Waals surface area contributed by atoms with Crippen molar-refractivity contribution in [3.63, 3.8) is 0 Å². The van der Waals surface area contributed by atoms with Gasteiger partial charge in [-0.3, -0.25) is 0 Å². The summed E-state index contributed by atoms with van der Waals surface area (Å²) < 4.78 is 5.80. The highest BCUT2D eigenvalue weighted by Crippen LogP contribution is 2.24. The number of nitrogens with two attached hydrogens (primary N) is 1. The van der Waals surface area contributed by atoms with Gasteiger partial charge in [-0.05, 0) is 37.9 Å². The van der Waals surface area contributed by atoms with E-state index in [4.69, 9.17) is 10.5 Å². The molecule has 1 aromatic carbocycles. The Kier molecular flexibility index (Phi) is 4.37. The van der Waals surface area contributed by atoms with Crippen LogP contribution in [0.2, 0.25) is 0 Å². The molecule has 0 saturated carbocycles. The average molecular weight is 205 g/mol. The molecule has 0 aliphatic heterocycles. The first-order chi connectivity index (χ1) is 7.19. The molecule has 1 aromatic rings. The standard InChI is InChI=1S/C13H19NO/c1-4-11(3)15-13-10(2)6-5-7-12(13)8-9-14/h4-7,11H,1,8-9,14H2,2-3H3. The lowest BCUT2D eigenvalue weighted by Crippen LogP contribution is -2.12. The minimum absolute atomic E-state index is 0.0302. The summed E-state index contributed by atoms with van der Waals surface area (Å²) in [4.78, 5) is 0. The second-order valence-electron chi connectivity index (χ2n) is 3.66. The molecule has 0 saturated heterocycles. The fourth-order valence-electron chi connectivity index (χ4n) is 1.47. The quantitative estimate of drug-likeness (QED) is 0.749. The van der Waals surface area contributed by atoms with Crippen molar-refractivity contribution < 1.29 is 4.74 Å². The monoisotopic (exact) mass is 205 g/mol. The zero-order valence-electron chi connectivity index (χ0n) is 9.49. The first kappa shape index (κ1) is 11.8. The van der Waals surface area contributed by atoms with Gasteiger partial charge in [-0.1, -0.05) is 30.9 Å². The van der Waals surface area contributed by atoms with Gasteiger partial charge in [-0.15, -0.1) is 0 Å². The zero-order valence-corrected chi connectivity index (χ0v) is 9.49. The molecule has 0 radical (unpaired) electrons. The summed E-state index contributed by atoms with van der Waals surface area (Å²) in [5, 5.41) is 0. The van der Waals surface area contributed by atoms with Gasteiger partial charge in [-0.25, -0.2) is 0 Å². The Bertz CT molecular complexity index is 333. The molecule has 2 nitrogen and oxygen atoms in total. The molecule has 0 aliphatic carbocycles. The Hall–Kier alpha value is -1.28. The van der Waals surface area contributed by atoms with E-state index in [-0.39, 0.29) is 6.10 Å². The van der Waals surface area contributed by atoms with Gasteiger partial charge >= 0.3 is 0 Å².